The highest BCUT2D eigenvalue weighted by Crippen LogP contribution is 2.05. The SMILES string of the molecule is C/C=C\C.C=C(C)C(=C)CC.CC.OO. The number of allylic oxidation sites excluding steroid dienone is 4. The lowest BCUT2D eigenvalue weighted by Crippen LogP contribution is -1.74. The second kappa shape index (κ2) is 29.2. The maximum absolute atomic E-state index is 6.00. The molecular formula is C13H28O2. The first kappa shape index (κ1) is 23.7. The van der Waals surface area contributed by atoms with Gasteiger partial charge in [-0.15, -0.1) is 0 Å². The van der Waals surface area contributed by atoms with E-state index in [9.17, 15) is 0 Å². The molecule has 2 heteroatoms. The van der Waals surface area contributed by atoms with E-state index in [0.29, 0.717) is 0 Å². The third kappa shape index (κ3) is 43.3. The van der Waals surface area contributed by atoms with Gasteiger partial charge in [0, 0.05) is 0 Å². The zero-order valence-electron chi connectivity index (χ0n) is 11.2. The van der Waals surface area contributed by atoms with Crippen LogP contribution in [0.2, 0.25) is 0 Å². The van der Waals surface area contributed by atoms with Gasteiger partial charge in [0.25, 0.3) is 0 Å². The molecule has 0 amide bonds. The van der Waals surface area contributed by atoms with Gasteiger partial charge in [-0.3, -0.25) is 10.5 Å². The summed E-state index contributed by atoms with van der Waals surface area (Å²) in [6.45, 7) is 19.6. The molecule has 0 saturated carbocycles. The smallest absolute Gasteiger partial charge is 0.0311 e. The van der Waals surface area contributed by atoms with Crippen molar-refractivity contribution < 1.29 is 10.5 Å². The van der Waals surface area contributed by atoms with Gasteiger partial charge in [-0.2, -0.15) is 0 Å². The zero-order valence-corrected chi connectivity index (χ0v) is 11.2. The summed E-state index contributed by atoms with van der Waals surface area (Å²) in [6.07, 6.45) is 5.02. The van der Waals surface area contributed by atoms with Crippen LogP contribution in [0, 0.1) is 0 Å². The standard InChI is InChI=1S/C7H12.C4H8.C2H6.H2O2/c1-5-7(4)6(2)3;1-3-4-2;2*1-2/h2,4-5H2,1,3H3;3-4H,1-2H3;1-2H3;1-2H/b;4-3-;;. The van der Waals surface area contributed by atoms with Crippen molar-refractivity contribution in [3.05, 3.63) is 36.5 Å². The molecular weight excluding hydrogens is 188 g/mol. The molecule has 92 valence electrons. The molecule has 0 saturated heterocycles. The first-order chi connectivity index (χ1) is 7.09. The van der Waals surface area contributed by atoms with Gasteiger partial charge < -0.3 is 0 Å². The number of rotatable bonds is 2. The summed E-state index contributed by atoms with van der Waals surface area (Å²) in [5, 5.41) is 12.0. The highest BCUT2D eigenvalue weighted by molar-refractivity contribution is 5.21. The predicted octanol–water partition coefficient (Wildman–Crippen LogP) is 5.15. The van der Waals surface area contributed by atoms with Crippen molar-refractivity contribution in [1.82, 2.24) is 0 Å². The zero-order chi connectivity index (χ0) is 13.3. The maximum Gasteiger partial charge on any atom is -0.0311 e. The quantitative estimate of drug-likeness (QED) is 0.290. The second-order valence-corrected chi connectivity index (χ2v) is 2.40. The second-order valence-electron chi connectivity index (χ2n) is 2.40. The first-order valence-corrected chi connectivity index (χ1v) is 5.21. The first-order valence-electron chi connectivity index (χ1n) is 5.21. The highest BCUT2D eigenvalue weighted by Gasteiger charge is 1.85. The Morgan fingerprint density at radius 1 is 1.07 bits per heavy atom. The van der Waals surface area contributed by atoms with Crippen molar-refractivity contribution in [2.75, 3.05) is 0 Å². The van der Waals surface area contributed by atoms with Crippen molar-refractivity contribution >= 4 is 0 Å². The minimum absolute atomic E-state index is 1.02. The van der Waals surface area contributed by atoms with Gasteiger partial charge in [0.15, 0.2) is 0 Å². The lowest BCUT2D eigenvalue weighted by atomic mass is 10.1. The van der Waals surface area contributed by atoms with E-state index >= 15 is 0 Å². The van der Waals surface area contributed by atoms with Gasteiger partial charge in [0.05, 0.1) is 0 Å². The molecule has 2 nitrogen and oxygen atoms in total. The molecule has 0 unspecified atom stereocenters. The van der Waals surface area contributed by atoms with Crippen molar-refractivity contribution in [3.8, 4) is 0 Å². The summed E-state index contributed by atoms with van der Waals surface area (Å²) in [5.41, 5.74) is 2.25. The molecule has 0 fully saturated rings. The third-order valence-electron chi connectivity index (χ3n) is 1.36. The van der Waals surface area contributed by atoms with Gasteiger partial charge in [-0.25, -0.2) is 0 Å². The maximum atomic E-state index is 6.00. The van der Waals surface area contributed by atoms with Gasteiger partial charge in [-0.05, 0) is 27.2 Å². The monoisotopic (exact) mass is 216 g/mol. The minimum Gasteiger partial charge on any atom is -0.255 e. The average molecular weight is 216 g/mol. The Morgan fingerprint density at radius 2 is 1.33 bits per heavy atom. The van der Waals surface area contributed by atoms with Crippen LogP contribution in [0.1, 0.15) is 48.0 Å². The van der Waals surface area contributed by atoms with Crippen molar-refractivity contribution in [3.63, 3.8) is 0 Å². The molecule has 0 bridgehead atoms. The van der Waals surface area contributed by atoms with E-state index in [0.717, 1.165) is 17.6 Å². The Labute approximate surface area is 95.6 Å². The van der Waals surface area contributed by atoms with Crippen LogP contribution in [0.15, 0.2) is 36.5 Å². The average Bonchev–Trinajstić information content (AvgIpc) is 2.33. The van der Waals surface area contributed by atoms with E-state index in [2.05, 4.69) is 20.1 Å². The Kier molecular flexibility index (Phi) is 46.3. The van der Waals surface area contributed by atoms with Crippen LogP contribution < -0.4 is 0 Å². The van der Waals surface area contributed by atoms with Crippen molar-refractivity contribution in [2.45, 2.75) is 48.0 Å². The molecule has 0 aliphatic rings. The number of hydrogen-bond acceptors (Lipinski definition) is 2. The van der Waals surface area contributed by atoms with Crippen LogP contribution in [-0.2, 0) is 0 Å². The fourth-order valence-corrected chi connectivity index (χ4v) is 0.302. The highest BCUT2D eigenvalue weighted by atomic mass is 17.0. The van der Waals surface area contributed by atoms with E-state index < -0.39 is 0 Å². The third-order valence-corrected chi connectivity index (χ3v) is 1.36. The van der Waals surface area contributed by atoms with Crippen LogP contribution in [-0.4, -0.2) is 10.5 Å². The molecule has 0 aromatic rings. The summed E-state index contributed by atoms with van der Waals surface area (Å²) < 4.78 is 0. The molecule has 0 aromatic carbocycles. The van der Waals surface area contributed by atoms with E-state index in [1.165, 1.54) is 0 Å². The van der Waals surface area contributed by atoms with Crippen LogP contribution >= 0.6 is 0 Å². The lowest BCUT2D eigenvalue weighted by molar-refractivity contribution is -0.176. The van der Waals surface area contributed by atoms with Crippen LogP contribution in [0.4, 0.5) is 0 Å². The van der Waals surface area contributed by atoms with Gasteiger partial charge in [0.2, 0.25) is 0 Å². The molecule has 0 rings (SSSR count). The Bertz CT molecular complexity index is 143. The summed E-state index contributed by atoms with van der Waals surface area (Å²) in [4.78, 5) is 0. The van der Waals surface area contributed by atoms with Gasteiger partial charge in [0.1, 0.15) is 0 Å². The summed E-state index contributed by atoms with van der Waals surface area (Å²) >= 11 is 0. The van der Waals surface area contributed by atoms with Crippen LogP contribution in [0.5, 0.6) is 0 Å². The largest absolute Gasteiger partial charge is 0.255 e. The molecule has 2 N–H and O–H groups in total. The molecule has 15 heavy (non-hydrogen) atoms. The fraction of sp³-hybridized carbons (Fsp3) is 0.538. The molecule has 0 aliphatic carbocycles. The normalized spacial score (nSPS) is 7.20. The lowest BCUT2D eigenvalue weighted by Gasteiger charge is -1.95. The minimum atomic E-state index is 1.02. The van der Waals surface area contributed by atoms with E-state index in [-0.39, 0.29) is 0 Å². The molecule has 0 aliphatic heterocycles. The molecule has 0 heterocycles. The Hall–Kier alpha value is -0.860. The summed E-state index contributed by atoms with van der Waals surface area (Å²) in [7, 11) is 0. The van der Waals surface area contributed by atoms with E-state index in [1.54, 1.807) is 0 Å². The molecule has 0 atom stereocenters. The van der Waals surface area contributed by atoms with E-state index in [1.807, 2.05) is 46.8 Å². The van der Waals surface area contributed by atoms with Gasteiger partial charge >= 0.3 is 0 Å². The molecule has 0 aromatic heterocycles. The Morgan fingerprint density at radius 3 is 1.33 bits per heavy atom. The fourth-order valence-electron chi connectivity index (χ4n) is 0.302. The summed E-state index contributed by atoms with van der Waals surface area (Å²) in [5.74, 6) is 0. The van der Waals surface area contributed by atoms with Crippen molar-refractivity contribution in [2.24, 2.45) is 0 Å². The van der Waals surface area contributed by atoms with Crippen molar-refractivity contribution in [1.29, 1.82) is 0 Å². The van der Waals surface area contributed by atoms with E-state index in [4.69, 9.17) is 10.5 Å². The Balaban J connectivity index is -0.0000000647. The topological polar surface area (TPSA) is 40.5 Å². The molecule has 0 spiro atoms. The summed E-state index contributed by atoms with van der Waals surface area (Å²) in [6, 6.07) is 0. The van der Waals surface area contributed by atoms with Gasteiger partial charge in [-0.1, -0.05) is 57.2 Å². The number of hydrogen-bond donors (Lipinski definition) is 2. The van der Waals surface area contributed by atoms with Crippen LogP contribution in [0.3, 0.4) is 0 Å². The predicted molar refractivity (Wildman–Crippen MR) is 71.3 cm³/mol. The molecule has 0 radical (unpaired) electrons. The van der Waals surface area contributed by atoms with Crippen LogP contribution in [0.25, 0.3) is 0 Å².